The summed E-state index contributed by atoms with van der Waals surface area (Å²) in [5.74, 6) is 2.01. The molecule has 0 heterocycles. The summed E-state index contributed by atoms with van der Waals surface area (Å²) < 4.78 is 22.6. The second kappa shape index (κ2) is 11.2. The molecule has 1 N–H and O–H groups in total. The highest BCUT2D eigenvalue weighted by Gasteiger charge is 2.12. The predicted molar refractivity (Wildman–Crippen MR) is 129 cm³/mol. The molecule has 0 saturated carbocycles. The van der Waals surface area contributed by atoms with E-state index in [4.69, 9.17) is 18.9 Å². The van der Waals surface area contributed by atoms with Crippen LogP contribution < -0.4 is 24.3 Å². The second-order valence-electron chi connectivity index (χ2n) is 6.70. The Morgan fingerprint density at radius 3 is 2.31 bits per heavy atom. The van der Waals surface area contributed by atoms with Gasteiger partial charge in [-0.15, -0.1) is 0 Å². The number of anilines is 1. The summed E-state index contributed by atoms with van der Waals surface area (Å²) in [4.78, 5) is 12.4. The van der Waals surface area contributed by atoms with Crippen molar-refractivity contribution in [3.63, 3.8) is 0 Å². The third-order valence-electron chi connectivity index (χ3n) is 4.56. The van der Waals surface area contributed by atoms with Crippen LogP contribution in [0.2, 0.25) is 0 Å². The van der Waals surface area contributed by atoms with Gasteiger partial charge in [0, 0.05) is 17.8 Å². The smallest absolute Gasteiger partial charge is 0.248 e. The fraction of sp³-hybridized carbons (Fsp3) is 0.160. The number of benzene rings is 3. The summed E-state index contributed by atoms with van der Waals surface area (Å²) >= 11 is 3.54. The molecule has 0 aromatic heterocycles. The van der Waals surface area contributed by atoms with Crippen molar-refractivity contribution < 1.29 is 23.7 Å². The van der Waals surface area contributed by atoms with E-state index >= 15 is 0 Å². The average Bonchev–Trinajstić information content (AvgIpc) is 2.82. The van der Waals surface area contributed by atoms with E-state index in [1.54, 1.807) is 45.6 Å². The second-order valence-corrected chi connectivity index (χ2v) is 7.56. The van der Waals surface area contributed by atoms with E-state index in [9.17, 15) is 4.79 Å². The third-order valence-corrected chi connectivity index (χ3v) is 5.15. The Labute approximate surface area is 195 Å². The molecule has 1 amide bonds. The van der Waals surface area contributed by atoms with Gasteiger partial charge in [0.1, 0.15) is 6.61 Å². The number of methoxy groups -OCH3 is 3. The van der Waals surface area contributed by atoms with Gasteiger partial charge in [-0.25, -0.2) is 0 Å². The fourth-order valence-electron chi connectivity index (χ4n) is 2.98. The molecular weight excluding hydrogens is 474 g/mol. The van der Waals surface area contributed by atoms with Gasteiger partial charge < -0.3 is 24.3 Å². The molecule has 0 fully saturated rings. The van der Waals surface area contributed by atoms with Gasteiger partial charge in [-0.1, -0.05) is 30.3 Å². The van der Waals surface area contributed by atoms with Crippen molar-refractivity contribution >= 4 is 33.6 Å². The highest BCUT2D eigenvalue weighted by atomic mass is 79.9. The highest BCUT2D eigenvalue weighted by Crippen LogP contribution is 2.37. The molecule has 166 valence electrons. The van der Waals surface area contributed by atoms with Gasteiger partial charge in [0.25, 0.3) is 0 Å². The van der Waals surface area contributed by atoms with E-state index in [-0.39, 0.29) is 5.91 Å². The van der Waals surface area contributed by atoms with Crippen molar-refractivity contribution in [3.05, 3.63) is 82.3 Å². The average molecular weight is 498 g/mol. The minimum Gasteiger partial charge on any atom is -0.493 e. The first kappa shape index (κ1) is 23.2. The predicted octanol–water partition coefficient (Wildman–Crippen LogP) is 5.71. The lowest BCUT2D eigenvalue weighted by atomic mass is 10.2. The first-order chi connectivity index (χ1) is 15.5. The quantitative estimate of drug-likeness (QED) is 0.383. The standard InChI is InChI=1S/C25H24BrNO5/c1-29-21-11-10-19(15-22(21)30-2)27-24(28)12-9-18-13-20(26)25(23(14-18)31-3)32-16-17-7-5-4-6-8-17/h4-15H,16H2,1-3H3,(H,27,28). The van der Waals surface area contributed by atoms with Crippen molar-refractivity contribution in [1.29, 1.82) is 0 Å². The normalized spacial score (nSPS) is 10.6. The number of carbonyl (C=O) groups is 1. The topological polar surface area (TPSA) is 66.0 Å². The molecule has 0 aliphatic carbocycles. The van der Waals surface area contributed by atoms with Crippen LogP contribution in [0.4, 0.5) is 5.69 Å². The third kappa shape index (κ3) is 6.04. The molecule has 7 heteroatoms. The van der Waals surface area contributed by atoms with Crippen molar-refractivity contribution in [1.82, 2.24) is 0 Å². The molecule has 6 nitrogen and oxygen atoms in total. The van der Waals surface area contributed by atoms with Gasteiger partial charge in [-0.2, -0.15) is 0 Å². The minimum atomic E-state index is -0.281. The number of ether oxygens (including phenoxy) is 4. The van der Waals surface area contributed by atoms with Crippen molar-refractivity contribution in [3.8, 4) is 23.0 Å². The highest BCUT2D eigenvalue weighted by molar-refractivity contribution is 9.10. The van der Waals surface area contributed by atoms with Crippen LogP contribution in [0.1, 0.15) is 11.1 Å². The van der Waals surface area contributed by atoms with Crippen LogP contribution in [0.25, 0.3) is 6.08 Å². The molecule has 0 aliphatic rings. The summed E-state index contributed by atoms with van der Waals surface area (Å²) in [5, 5.41) is 2.80. The number of nitrogens with one attached hydrogen (secondary N) is 1. The Morgan fingerprint density at radius 2 is 1.62 bits per heavy atom. The molecule has 0 spiro atoms. The molecule has 0 bridgehead atoms. The SMILES string of the molecule is COc1ccc(NC(=O)C=Cc2cc(Br)c(OCc3ccccc3)c(OC)c2)cc1OC. The first-order valence-corrected chi connectivity index (χ1v) is 10.6. The Bertz CT molecular complexity index is 1100. The molecule has 3 aromatic carbocycles. The number of halogens is 1. The zero-order valence-electron chi connectivity index (χ0n) is 18.1. The van der Waals surface area contributed by atoms with Gasteiger partial charge >= 0.3 is 0 Å². The molecule has 0 unspecified atom stereocenters. The Morgan fingerprint density at radius 1 is 0.906 bits per heavy atom. The van der Waals surface area contributed by atoms with Crippen LogP contribution in [0.3, 0.4) is 0 Å². The van der Waals surface area contributed by atoms with E-state index < -0.39 is 0 Å². The van der Waals surface area contributed by atoms with Crippen LogP contribution >= 0.6 is 15.9 Å². The molecule has 0 saturated heterocycles. The number of hydrogen-bond acceptors (Lipinski definition) is 5. The summed E-state index contributed by atoms with van der Waals surface area (Å²) in [5.41, 5.74) is 2.43. The summed E-state index contributed by atoms with van der Waals surface area (Å²) in [6.45, 7) is 0.415. The van der Waals surface area contributed by atoms with Gasteiger partial charge in [0.15, 0.2) is 23.0 Å². The minimum absolute atomic E-state index is 0.281. The zero-order chi connectivity index (χ0) is 22.9. The van der Waals surface area contributed by atoms with Gasteiger partial charge in [-0.3, -0.25) is 4.79 Å². The van der Waals surface area contributed by atoms with Gasteiger partial charge in [0.2, 0.25) is 5.91 Å². The van der Waals surface area contributed by atoms with Crippen LogP contribution in [0.5, 0.6) is 23.0 Å². The number of rotatable bonds is 9. The number of hydrogen-bond donors (Lipinski definition) is 1. The summed E-state index contributed by atoms with van der Waals surface area (Å²) in [7, 11) is 4.68. The van der Waals surface area contributed by atoms with E-state index in [1.807, 2.05) is 42.5 Å². The lowest BCUT2D eigenvalue weighted by molar-refractivity contribution is -0.111. The molecule has 0 atom stereocenters. The van der Waals surface area contributed by atoms with Crippen molar-refractivity contribution in [2.45, 2.75) is 6.61 Å². The van der Waals surface area contributed by atoms with E-state index in [2.05, 4.69) is 21.2 Å². The Kier molecular flexibility index (Phi) is 8.16. The summed E-state index contributed by atoms with van der Waals surface area (Å²) in [6, 6.07) is 18.7. The first-order valence-electron chi connectivity index (χ1n) is 9.79. The van der Waals surface area contributed by atoms with E-state index in [0.29, 0.717) is 35.3 Å². The monoisotopic (exact) mass is 497 g/mol. The van der Waals surface area contributed by atoms with Gasteiger partial charge in [-0.05, 0) is 57.4 Å². The number of amides is 1. The van der Waals surface area contributed by atoms with Crippen molar-refractivity contribution in [2.75, 3.05) is 26.6 Å². The largest absolute Gasteiger partial charge is 0.493 e. The lowest BCUT2D eigenvalue weighted by Gasteiger charge is -2.13. The Hall–Kier alpha value is -3.45. The van der Waals surface area contributed by atoms with Crippen LogP contribution in [0.15, 0.2) is 71.2 Å². The Balaban J connectivity index is 1.70. The fourth-order valence-corrected chi connectivity index (χ4v) is 3.55. The molecule has 3 rings (SSSR count). The maximum Gasteiger partial charge on any atom is 0.248 e. The maximum atomic E-state index is 12.4. The van der Waals surface area contributed by atoms with E-state index in [0.717, 1.165) is 15.6 Å². The molecule has 0 aliphatic heterocycles. The summed E-state index contributed by atoms with van der Waals surface area (Å²) in [6.07, 6.45) is 3.15. The number of carbonyl (C=O) groups excluding carboxylic acids is 1. The molecule has 3 aromatic rings. The lowest BCUT2D eigenvalue weighted by Crippen LogP contribution is -2.08. The molecular formula is C25H24BrNO5. The van der Waals surface area contributed by atoms with Crippen LogP contribution in [0, 0.1) is 0 Å². The molecule has 32 heavy (non-hydrogen) atoms. The van der Waals surface area contributed by atoms with E-state index in [1.165, 1.54) is 6.08 Å². The van der Waals surface area contributed by atoms with Gasteiger partial charge in [0.05, 0.1) is 25.8 Å². The molecule has 0 radical (unpaired) electrons. The van der Waals surface area contributed by atoms with Crippen LogP contribution in [-0.2, 0) is 11.4 Å². The van der Waals surface area contributed by atoms with Crippen molar-refractivity contribution in [2.24, 2.45) is 0 Å². The maximum absolute atomic E-state index is 12.4. The zero-order valence-corrected chi connectivity index (χ0v) is 19.6. The van der Waals surface area contributed by atoms with Crippen LogP contribution in [-0.4, -0.2) is 27.2 Å².